The number of ether oxygens (including phenoxy) is 2. The van der Waals surface area contributed by atoms with Crippen molar-refractivity contribution in [1.29, 1.82) is 0 Å². The van der Waals surface area contributed by atoms with Crippen molar-refractivity contribution in [2.45, 2.75) is 32.6 Å². The molecule has 2 N–H and O–H groups in total. The first-order chi connectivity index (χ1) is 19.4. The van der Waals surface area contributed by atoms with Gasteiger partial charge < -0.3 is 20.1 Å². The molecule has 1 atom stereocenters. The number of rotatable bonds is 11. The van der Waals surface area contributed by atoms with Crippen molar-refractivity contribution in [3.63, 3.8) is 0 Å². The highest BCUT2D eigenvalue weighted by Gasteiger charge is 2.25. The Labute approximate surface area is 235 Å². The van der Waals surface area contributed by atoms with Gasteiger partial charge in [-0.25, -0.2) is 18.4 Å². The van der Waals surface area contributed by atoms with Crippen LogP contribution in [0.3, 0.4) is 0 Å². The first-order valence-electron chi connectivity index (χ1n) is 12.6. The average Bonchev–Trinajstić information content (AvgIpc) is 3.47. The van der Waals surface area contributed by atoms with Crippen LogP contribution in [0, 0.1) is 5.82 Å². The lowest BCUT2D eigenvalue weighted by Gasteiger charge is -2.18. The Morgan fingerprint density at radius 3 is 2.23 bits per heavy atom. The summed E-state index contributed by atoms with van der Waals surface area (Å²) in [6.07, 6.45) is 1.51. The minimum Gasteiger partial charge on any atom is -0.459 e. The quantitative estimate of drug-likeness (QED) is 0.241. The molecule has 0 aliphatic heterocycles. The van der Waals surface area contributed by atoms with Crippen LogP contribution in [0.2, 0.25) is 0 Å². The van der Waals surface area contributed by atoms with Crippen molar-refractivity contribution in [3.05, 3.63) is 112 Å². The number of carbonyl (C=O) groups is 3. The highest BCUT2D eigenvalue weighted by molar-refractivity contribution is 7.06. The summed E-state index contributed by atoms with van der Waals surface area (Å²) in [5.41, 5.74) is 2.87. The normalized spacial score (nSPS) is 11.3. The van der Waals surface area contributed by atoms with Crippen LogP contribution in [0.25, 0.3) is 11.1 Å². The monoisotopic (exact) mass is 561 g/mol. The van der Waals surface area contributed by atoms with Gasteiger partial charge in [0, 0.05) is 28.7 Å². The molecule has 0 fully saturated rings. The summed E-state index contributed by atoms with van der Waals surface area (Å²) in [5.74, 6) is -1.97. The minimum absolute atomic E-state index is 0.00588. The molecule has 0 radical (unpaired) electrons. The standard InChI is InChI=1S/C30H28FN3O5S/c1-2-27-25(16-33-40-27)22-13-23(15-24(31)14-22)28(35)32-17-26(29(36)38-18-20-9-5-3-6-10-20)34-30(37)39-19-21-11-7-4-8-12-21/h3-16,26H,2,17-19H2,1H3,(H,32,35)(H,34,37)/t26-/m1/s1. The molecule has 1 heterocycles. The molecule has 0 saturated heterocycles. The second-order valence-electron chi connectivity index (χ2n) is 8.81. The second-order valence-corrected chi connectivity index (χ2v) is 9.69. The van der Waals surface area contributed by atoms with Gasteiger partial charge in [-0.05, 0) is 52.8 Å². The first-order valence-corrected chi connectivity index (χ1v) is 13.4. The van der Waals surface area contributed by atoms with E-state index in [1.54, 1.807) is 36.5 Å². The SMILES string of the molecule is CCc1sncc1-c1cc(F)cc(C(=O)NC[C@@H](NC(=O)OCc2ccccc2)C(=O)OCc2ccccc2)c1. The van der Waals surface area contributed by atoms with Gasteiger partial charge in [0.25, 0.3) is 5.91 Å². The third-order valence-corrected chi connectivity index (χ3v) is 6.86. The number of nitrogens with zero attached hydrogens (tertiary/aromatic N) is 1. The lowest BCUT2D eigenvalue weighted by atomic mass is 10.0. The Kier molecular flexibility index (Phi) is 9.95. The Morgan fingerprint density at radius 2 is 1.57 bits per heavy atom. The summed E-state index contributed by atoms with van der Waals surface area (Å²) >= 11 is 1.32. The Bertz CT molecular complexity index is 1450. The molecule has 206 valence electrons. The number of halogens is 1. The zero-order chi connectivity index (χ0) is 28.3. The molecule has 2 amide bonds. The molecule has 0 aliphatic carbocycles. The number of benzene rings is 3. The van der Waals surface area contributed by atoms with Crippen LogP contribution in [0.4, 0.5) is 9.18 Å². The predicted octanol–water partition coefficient (Wildman–Crippen LogP) is 5.28. The van der Waals surface area contributed by atoms with Crippen LogP contribution in [-0.4, -0.2) is 34.9 Å². The van der Waals surface area contributed by atoms with Gasteiger partial charge in [-0.3, -0.25) is 4.79 Å². The third-order valence-electron chi connectivity index (χ3n) is 5.92. The molecule has 4 rings (SSSR count). The van der Waals surface area contributed by atoms with E-state index in [2.05, 4.69) is 15.0 Å². The number of carbonyl (C=O) groups excluding carboxylic acids is 3. The number of alkyl carbamates (subject to hydrolysis) is 1. The van der Waals surface area contributed by atoms with Gasteiger partial charge in [0.15, 0.2) is 0 Å². The number of hydrogen-bond acceptors (Lipinski definition) is 7. The van der Waals surface area contributed by atoms with E-state index in [0.717, 1.165) is 34.1 Å². The van der Waals surface area contributed by atoms with E-state index in [-0.39, 0.29) is 25.3 Å². The van der Waals surface area contributed by atoms with Crippen LogP contribution in [0.1, 0.15) is 33.3 Å². The number of hydrogen-bond donors (Lipinski definition) is 2. The molecule has 3 aromatic carbocycles. The molecule has 0 unspecified atom stereocenters. The summed E-state index contributed by atoms with van der Waals surface area (Å²) in [7, 11) is 0. The Balaban J connectivity index is 1.43. The van der Waals surface area contributed by atoms with Crippen LogP contribution < -0.4 is 10.6 Å². The van der Waals surface area contributed by atoms with Crippen LogP contribution >= 0.6 is 11.5 Å². The smallest absolute Gasteiger partial charge is 0.408 e. The van der Waals surface area contributed by atoms with Gasteiger partial charge in [-0.2, -0.15) is 0 Å². The Morgan fingerprint density at radius 1 is 0.925 bits per heavy atom. The van der Waals surface area contributed by atoms with Gasteiger partial charge in [-0.1, -0.05) is 67.6 Å². The number of aromatic nitrogens is 1. The predicted molar refractivity (Wildman–Crippen MR) is 149 cm³/mol. The van der Waals surface area contributed by atoms with Gasteiger partial charge in [0.2, 0.25) is 0 Å². The van der Waals surface area contributed by atoms with Crippen molar-refractivity contribution < 1.29 is 28.2 Å². The molecule has 4 aromatic rings. The van der Waals surface area contributed by atoms with E-state index >= 15 is 0 Å². The molecule has 8 nitrogen and oxygen atoms in total. The number of esters is 1. The molecule has 0 bridgehead atoms. The highest BCUT2D eigenvalue weighted by atomic mass is 32.1. The number of amides is 2. The second kappa shape index (κ2) is 14.0. The van der Waals surface area contributed by atoms with E-state index in [4.69, 9.17) is 9.47 Å². The molecule has 40 heavy (non-hydrogen) atoms. The van der Waals surface area contributed by atoms with E-state index < -0.39 is 29.8 Å². The number of aryl methyl sites for hydroxylation is 1. The zero-order valence-corrected chi connectivity index (χ0v) is 22.6. The summed E-state index contributed by atoms with van der Waals surface area (Å²) in [6.45, 7) is 1.64. The van der Waals surface area contributed by atoms with E-state index in [0.29, 0.717) is 5.56 Å². The summed E-state index contributed by atoms with van der Waals surface area (Å²) in [4.78, 5) is 39.4. The fourth-order valence-electron chi connectivity index (χ4n) is 3.86. The molecule has 0 aliphatic rings. The van der Waals surface area contributed by atoms with Crippen molar-refractivity contribution in [1.82, 2.24) is 15.0 Å². The highest BCUT2D eigenvalue weighted by Crippen LogP contribution is 2.28. The van der Waals surface area contributed by atoms with Gasteiger partial charge in [0.1, 0.15) is 25.1 Å². The van der Waals surface area contributed by atoms with Crippen LogP contribution in [0.15, 0.2) is 85.1 Å². The fourth-order valence-corrected chi connectivity index (χ4v) is 4.54. The lowest BCUT2D eigenvalue weighted by Crippen LogP contribution is -2.49. The van der Waals surface area contributed by atoms with Crippen LogP contribution in [0.5, 0.6) is 0 Å². The Hall–Kier alpha value is -4.57. The van der Waals surface area contributed by atoms with Gasteiger partial charge in [0.05, 0.1) is 0 Å². The van der Waals surface area contributed by atoms with Crippen molar-refractivity contribution in [2.24, 2.45) is 0 Å². The van der Waals surface area contributed by atoms with E-state index in [9.17, 15) is 18.8 Å². The van der Waals surface area contributed by atoms with Crippen molar-refractivity contribution in [2.75, 3.05) is 6.54 Å². The van der Waals surface area contributed by atoms with Gasteiger partial charge in [-0.15, -0.1) is 0 Å². The molecule has 1 aromatic heterocycles. The molecule has 10 heteroatoms. The zero-order valence-electron chi connectivity index (χ0n) is 21.8. The van der Waals surface area contributed by atoms with E-state index in [1.807, 2.05) is 43.3 Å². The van der Waals surface area contributed by atoms with Crippen molar-refractivity contribution in [3.8, 4) is 11.1 Å². The molecular weight excluding hydrogens is 533 g/mol. The summed E-state index contributed by atoms with van der Waals surface area (Å²) in [6, 6.07) is 20.8. The maximum atomic E-state index is 14.5. The molecule has 0 saturated carbocycles. The minimum atomic E-state index is -1.25. The first kappa shape index (κ1) is 28.4. The average molecular weight is 562 g/mol. The molecular formula is C30H28FN3O5S. The van der Waals surface area contributed by atoms with E-state index in [1.165, 1.54) is 17.6 Å². The summed E-state index contributed by atoms with van der Waals surface area (Å²) in [5, 5.41) is 5.05. The maximum absolute atomic E-state index is 14.5. The third kappa shape index (κ3) is 7.97. The van der Waals surface area contributed by atoms with Crippen molar-refractivity contribution >= 4 is 29.5 Å². The largest absolute Gasteiger partial charge is 0.459 e. The molecule has 0 spiro atoms. The fraction of sp³-hybridized carbons (Fsp3) is 0.200. The number of nitrogens with one attached hydrogen (secondary N) is 2. The van der Waals surface area contributed by atoms with Crippen LogP contribution in [-0.2, 0) is 33.9 Å². The maximum Gasteiger partial charge on any atom is 0.408 e. The topological polar surface area (TPSA) is 107 Å². The van der Waals surface area contributed by atoms with Gasteiger partial charge >= 0.3 is 12.1 Å². The summed E-state index contributed by atoms with van der Waals surface area (Å²) < 4.78 is 29.2. The lowest BCUT2D eigenvalue weighted by molar-refractivity contribution is -0.147.